The highest BCUT2D eigenvalue weighted by atomic mass is 16.7. The van der Waals surface area contributed by atoms with Crippen LogP contribution in [0.2, 0.25) is 0 Å². The van der Waals surface area contributed by atoms with Crippen molar-refractivity contribution in [2.45, 2.75) is 38.9 Å². The summed E-state index contributed by atoms with van der Waals surface area (Å²) in [6, 6.07) is 0. The average Bonchev–Trinajstić information content (AvgIpc) is 2.99. The van der Waals surface area contributed by atoms with Gasteiger partial charge in [0.2, 0.25) is 17.5 Å². The number of hydrogen-bond acceptors (Lipinski definition) is 4. The molecule has 0 aromatic carbocycles. The lowest BCUT2D eigenvalue weighted by Crippen LogP contribution is -2.41. The fourth-order valence-corrected chi connectivity index (χ4v) is 2.48. The molecule has 3 aromatic rings. The minimum absolute atomic E-state index is 0.347. The molecule has 108 valence electrons. The molecule has 0 saturated carbocycles. The number of rotatable bonds is 1. The maximum absolute atomic E-state index is 6.06. The number of nitrogens with one attached hydrogen (secondary N) is 1. The second-order valence-corrected chi connectivity index (χ2v) is 6.38. The second-order valence-electron chi connectivity index (χ2n) is 6.38. The number of fused-ring (bicyclic) bond motifs is 3. The molecule has 0 unspecified atom stereocenters. The van der Waals surface area contributed by atoms with Crippen LogP contribution in [0.1, 0.15) is 27.7 Å². The number of aromatic nitrogens is 5. The average molecular weight is 286 g/mol. The molecule has 1 aliphatic heterocycles. The lowest BCUT2D eigenvalue weighted by atomic mass is 9.82. The first kappa shape index (κ1) is 12.8. The van der Waals surface area contributed by atoms with E-state index in [1.165, 1.54) is 0 Å². The number of aromatic amines is 1. The number of nitrogens with zero attached hydrogens (tertiary/aromatic N) is 4. The van der Waals surface area contributed by atoms with Crippen molar-refractivity contribution >= 4 is 23.9 Å². The summed E-state index contributed by atoms with van der Waals surface area (Å²) < 4.78 is 15.8. The first-order chi connectivity index (χ1) is 9.87. The minimum atomic E-state index is -0.387. The van der Waals surface area contributed by atoms with Crippen molar-refractivity contribution in [3.8, 4) is 0 Å². The van der Waals surface area contributed by atoms with Crippen LogP contribution in [-0.2, 0) is 9.31 Å². The Bertz CT molecular complexity index is 821. The Kier molecular flexibility index (Phi) is 2.33. The molecule has 1 saturated heterocycles. The minimum Gasteiger partial charge on any atom is -0.399 e. The molecule has 21 heavy (non-hydrogen) atoms. The van der Waals surface area contributed by atoms with E-state index in [1.807, 2.05) is 49.2 Å². The van der Waals surface area contributed by atoms with Crippen molar-refractivity contribution in [3.63, 3.8) is 0 Å². The summed E-state index contributed by atoms with van der Waals surface area (Å²) >= 11 is 0. The van der Waals surface area contributed by atoms with Gasteiger partial charge in [-0.2, -0.15) is 0 Å². The van der Waals surface area contributed by atoms with E-state index in [-0.39, 0.29) is 18.3 Å². The van der Waals surface area contributed by atoms with Gasteiger partial charge in [-0.1, -0.05) is 4.52 Å². The van der Waals surface area contributed by atoms with Gasteiger partial charge in [-0.15, -0.1) is 5.10 Å². The Balaban J connectivity index is 1.79. The van der Waals surface area contributed by atoms with Crippen molar-refractivity contribution in [1.82, 2.24) is 19.6 Å². The van der Waals surface area contributed by atoms with Crippen molar-refractivity contribution in [2.24, 2.45) is 0 Å². The third kappa shape index (κ3) is 1.72. The molecule has 1 N–H and O–H groups in total. The molecular weight excluding hydrogens is 269 g/mol. The predicted octanol–water partition coefficient (Wildman–Crippen LogP) is 0.0953. The fourth-order valence-electron chi connectivity index (χ4n) is 2.48. The molecule has 0 amide bonds. The van der Waals surface area contributed by atoms with Crippen LogP contribution in [0.4, 0.5) is 0 Å². The second kappa shape index (κ2) is 3.83. The van der Waals surface area contributed by atoms with Crippen LogP contribution in [-0.4, -0.2) is 37.9 Å². The van der Waals surface area contributed by atoms with Crippen LogP contribution in [0.3, 0.4) is 0 Å². The zero-order chi connectivity index (χ0) is 14.8. The molecule has 1 aliphatic rings. The van der Waals surface area contributed by atoms with E-state index in [0.29, 0.717) is 0 Å². The highest BCUT2D eigenvalue weighted by molar-refractivity contribution is 6.61. The Morgan fingerprint density at radius 2 is 1.81 bits per heavy atom. The standard InChI is InChI=1S/C13H17BN5O2/c1-12(2)13(3,4)21-14(20-12)9-7-18-11-10(15-5-6-16-11)17-19(18)8-9/h5-8H,1-4H3,(H,15,17)/q+1. The van der Waals surface area contributed by atoms with Gasteiger partial charge < -0.3 is 9.31 Å². The van der Waals surface area contributed by atoms with E-state index in [0.717, 1.165) is 16.8 Å². The first-order valence-electron chi connectivity index (χ1n) is 6.96. The van der Waals surface area contributed by atoms with Gasteiger partial charge in [0.05, 0.1) is 22.9 Å². The number of H-pyrrole nitrogens is 1. The van der Waals surface area contributed by atoms with Crippen LogP contribution >= 0.6 is 0 Å². The fraction of sp³-hybridized carbons (Fsp3) is 0.462. The molecule has 3 aromatic heterocycles. The van der Waals surface area contributed by atoms with Gasteiger partial charge in [0.1, 0.15) is 0 Å². The van der Waals surface area contributed by atoms with Crippen LogP contribution < -0.4 is 10.1 Å². The summed E-state index contributed by atoms with van der Waals surface area (Å²) in [4.78, 5) is 8.58. The van der Waals surface area contributed by atoms with Gasteiger partial charge in [0.15, 0.2) is 0 Å². The third-order valence-corrected chi connectivity index (χ3v) is 4.42. The molecule has 0 atom stereocenters. The SMILES string of the molecule is CC1(C)OB(c2cn3c4nccnc4[nH][n+]3c2)OC1(C)C. The molecule has 7 nitrogen and oxygen atoms in total. The summed E-state index contributed by atoms with van der Waals surface area (Å²) in [5, 5.41) is 3.16. The lowest BCUT2D eigenvalue weighted by Gasteiger charge is -2.32. The van der Waals surface area contributed by atoms with Gasteiger partial charge in [0, 0.05) is 17.0 Å². The van der Waals surface area contributed by atoms with E-state index in [2.05, 4.69) is 15.1 Å². The topological polar surface area (TPSA) is 68.5 Å². The molecule has 1 fully saturated rings. The summed E-state index contributed by atoms with van der Waals surface area (Å²) in [5.41, 5.74) is 1.75. The zero-order valence-electron chi connectivity index (χ0n) is 12.5. The zero-order valence-corrected chi connectivity index (χ0v) is 12.5. The van der Waals surface area contributed by atoms with Crippen molar-refractivity contribution in [2.75, 3.05) is 0 Å². The third-order valence-electron chi connectivity index (χ3n) is 4.42. The van der Waals surface area contributed by atoms with Crippen LogP contribution in [0.25, 0.3) is 11.3 Å². The van der Waals surface area contributed by atoms with E-state index in [9.17, 15) is 0 Å². The summed E-state index contributed by atoms with van der Waals surface area (Å²) in [7, 11) is -0.387. The highest BCUT2D eigenvalue weighted by Crippen LogP contribution is 2.36. The van der Waals surface area contributed by atoms with E-state index in [1.54, 1.807) is 12.4 Å². The lowest BCUT2D eigenvalue weighted by molar-refractivity contribution is -0.669. The Labute approximate surface area is 122 Å². The molecule has 4 heterocycles. The molecule has 0 spiro atoms. The molecule has 8 heteroatoms. The van der Waals surface area contributed by atoms with Gasteiger partial charge in [-0.3, -0.25) is 0 Å². The molecule has 0 radical (unpaired) electrons. The molecule has 4 rings (SSSR count). The first-order valence-corrected chi connectivity index (χ1v) is 6.96. The quantitative estimate of drug-likeness (QED) is 0.509. The van der Waals surface area contributed by atoms with Crippen LogP contribution in [0, 0.1) is 0 Å². The van der Waals surface area contributed by atoms with E-state index < -0.39 is 0 Å². The molecular formula is C13H17BN5O2+. The van der Waals surface area contributed by atoms with Gasteiger partial charge in [-0.25, -0.2) is 9.97 Å². The van der Waals surface area contributed by atoms with Crippen LogP contribution in [0.15, 0.2) is 24.8 Å². The maximum Gasteiger partial charge on any atom is 0.503 e. The molecule has 0 aliphatic carbocycles. The smallest absolute Gasteiger partial charge is 0.399 e. The van der Waals surface area contributed by atoms with Gasteiger partial charge >= 0.3 is 7.12 Å². The highest BCUT2D eigenvalue weighted by Gasteiger charge is 2.52. The van der Waals surface area contributed by atoms with Crippen molar-refractivity contribution < 1.29 is 13.9 Å². The largest absolute Gasteiger partial charge is 0.503 e. The Morgan fingerprint density at radius 1 is 1.14 bits per heavy atom. The van der Waals surface area contributed by atoms with E-state index >= 15 is 0 Å². The Morgan fingerprint density at radius 3 is 2.52 bits per heavy atom. The normalized spacial score (nSPS) is 20.7. The monoisotopic (exact) mass is 286 g/mol. The summed E-state index contributed by atoms with van der Waals surface area (Å²) in [6.45, 7) is 8.18. The predicted molar refractivity (Wildman–Crippen MR) is 76.2 cm³/mol. The van der Waals surface area contributed by atoms with Crippen LogP contribution in [0.5, 0.6) is 0 Å². The van der Waals surface area contributed by atoms with Crippen molar-refractivity contribution in [1.29, 1.82) is 0 Å². The summed E-state index contributed by atoms with van der Waals surface area (Å²) in [5.74, 6) is 0. The molecule has 0 bridgehead atoms. The van der Waals surface area contributed by atoms with E-state index in [4.69, 9.17) is 9.31 Å². The number of hydrogen-bond donors (Lipinski definition) is 1. The van der Waals surface area contributed by atoms with Gasteiger partial charge in [0.25, 0.3) is 0 Å². The maximum atomic E-state index is 6.06. The summed E-state index contributed by atoms with van der Waals surface area (Å²) in [6.07, 6.45) is 7.22. The Hall–Kier alpha value is -1.93. The van der Waals surface area contributed by atoms with Gasteiger partial charge in [-0.05, 0) is 27.7 Å². The van der Waals surface area contributed by atoms with Crippen molar-refractivity contribution in [3.05, 3.63) is 24.8 Å².